The lowest BCUT2D eigenvalue weighted by Crippen LogP contribution is -2.39. The van der Waals surface area contributed by atoms with Crippen LogP contribution < -0.4 is 21.5 Å². The van der Waals surface area contributed by atoms with E-state index in [4.69, 9.17) is 0 Å². The first-order valence-corrected chi connectivity index (χ1v) is 11.9. The molecule has 1 amide bonds. The van der Waals surface area contributed by atoms with Gasteiger partial charge in [0.2, 0.25) is 11.9 Å². The highest BCUT2D eigenvalue weighted by molar-refractivity contribution is 5.93. The molecule has 192 valence electrons. The van der Waals surface area contributed by atoms with Crippen LogP contribution in [0.3, 0.4) is 0 Å². The molecular formula is C24H28N10O3. The molecule has 1 aliphatic rings. The largest absolute Gasteiger partial charge is 0.336 e. The molecule has 4 aromatic rings. The molecule has 0 radical (unpaired) electrons. The summed E-state index contributed by atoms with van der Waals surface area (Å²) in [6, 6.07) is 0.769. The van der Waals surface area contributed by atoms with Crippen LogP contribution in [0.4, 0.5) is 11.8 Å². The molecular weight excluding hydrogens is 476 g/mol. The Balaban J connectivity index is 1.37. The SMILES string of the molecule is CC(C(=O)Nc1ccnc(-c2cnc(N3CCCC3(C)C)nc2)n1)n1cnc2c1c(=O)n(C)c(=O)n2C. The molecule has 37 heavy (non-hydrogen) atoms. The van der Waals surface area contributed by atoms with Gasteiger partial charge in [0.25, 0.3) is 5.56 Å². The number of anilines is 2. The number of hydrogen-bond acceptors (Lipinski definition) is 9. The molecule has 1 N–H and O–H groups in total. The summed E-state index contributed by atoms with van der Waals surface area (Å²) in [5.41, 5.74) is -0.0186. The van der Waals surface area contributed by atoms with Crippen LogP contribution in [0.15, 0.2) is 40.6 Å². The minimum atomic E-state index is -0.806. The van der Waals surface area contributed by atoms with Gasteiger partial charge in [-0.2, -0.15) is 0 Å². The fourth-order valence-corrected chi connectivity index (χ4v) is 4.64. The lowest BCUT2D eigenvalue weighted by atomic mass is 10.0. The van der Waals surface area contributed by atoms with Crippen molar-refractivity contribution in [3.8, 4) is 11.4 Å². The predicted octanol–water partition coefficient (Wildman–Crippen LogP) is 1.26. The quantitative estimate of drug-likeness (QED) is 0.424. The second kappa shape index (κ2) is 8.91. The highest BCUT2D eigenvalue weighted by Gasteiger charge is 2.33. The van der Waals surface area contributed by atoms with E-state index in [9.17, 15) is 14.4 Å². The van der Waals surface area contributed by atoms with E-state index >= 15 is 0 Å². The maximum atomic E-state index is 13.1. The summed E-state index contributed by atoms with van der Waals surface area (Å²) >= 11 is 0. The molecule has 13 heteroatoms. The summed E-state index contributed by atoms with van der Waals surface area (Å²) in [5, 5.41) is 2.77. The number of rotatable bonds is 5. The minimum Gasteiger partial charge on any atom is -0.336 e. The third-order valence-corrected chi connectivity index (χ3v) is 6.92. The number of aromatic nitrogens is 8. The van der Waals surface area contributed by atoms with Crippen molar-refractivity contribution >= 4 is 28.8 Å². The van der Waals surface area contributed by atoms with Crippen molar-refractivity contribution in [2.75, 3.05) is 16.8 Å². The third kappa shape index (κ3) is 4.15. The Kier molecular flexibility index (Phi) is 5.85. The molecule has 13 nitrogen and oxygen atoms in total. The fraction of sp³-hybridized carbons (Fsp3) is 0.417. The van der Waals surface area contributed by atoms with E-state index in [-0.39, 0.29) is 22.5 Å². The molecule has 0 bridgehead atoms. The molecule has 1 atom stereocenters. The number of nitrogens with one attached hydrogen (secondary N) is 1. The van der Waals surface area contributed by atoms with Crippen LogP contribution >= 0.6 is 0 Å². The van der Waals surface area contributed by atoms with E-state index in [0.717, 1.165) is 24.0 Å². The standard InChI is InChI=1S/C24H28N10O3/c1-14(33-13-28-19-17(33)21(36)32(5)23(37)31(19)4)20(35)30-16-7-9-25-18(29-16)15-11-26-22(27-12-15)34-10-6-8-24(34,2)3/h7,9,11-14H,6,8,10H2,1-5H3,(H,25,29,30,35). The van der Waals surface area contributed by atoms with Crippen LogP contribution in [-0.4, -0.2) is 56.6 Å². The summed E-state index contributed by atoms with van der Waals surface area (Å²) < 4.78 is 3.70. The number of amides is 1. The van der Waals surface area contributed by atoms with Gasteiger partial charge in [-0.05, 0) is 39.7 Å². The van der Waals surface area contributed by atoms with E-state index < -0.39 is 23.2 Å². The zero-order chi connectivity index (χ0) is 26.5. The normalized spacial score (nSPS) is 15.8. The monoisotopic (exact) mass is 504 g/mol. The Bertz CT molecular complexity index is 1620. The number of fused-ring (bicyclic) bond motifs is 1. The first kappa shape index (κ1) is 24.3. The molecule has 1 aliphatic heterocycles. The number of carbonyl (C=O) groups excluding carboxylic acids is 1. The molecule has 0 aliphatic carbocycles. The van der Waals surface area contributed by atoms with Gasteiger partial charge in [0.15, 0.2) is 17.0 Å². The van der Waals surface area contributed by atoms with Gasteiger partial charge in [-0.15, -0.1) is 0 Å². The Hall–Kier alpha value is -4.42. The van der Waals surface area contributed by atoms with Gasteiger partial charge in [-0.25, -0.2) is 29.7 Å². The second-order valence-corrected chi connectivity index (χ2v) is 9.80. The average Bonchev–Trinajstić information content (AvgIpc) is 3.49. The van der Waals surface area contributed by atoms with Gasteiger partial charge in [0.1, 0.15) is 11.9 Å². The van der Waals surface area contributed by atoms with Gasteiger partial charge in [0, 0.05) is 44.8 Å². The molecule has 5 rings (SSSR count). The summed E-state index contributed by atoms with van der Waals surface area (Å²) in [6.45, 7) is 6.91. The Labute approximate surface area is 211 Å². The Morgan fingerprint density at radius 2 is 1.81 bits per heavy atom. The maximum absolute atomic E-state index is 13.1. The highest BCUT2D eigenvalue weighted by Crippen LogP contribution is 2.31. The Morgan fingerprint density at radius 1 is 1.08 bits per heavy atom. The van der Waals surface area contributed by atoms with Crippen LogP contribution in [-0.2, 0) is 18.9 Å². The number of hydrogen-bond donors (Lipinski definition) is 1. The van der Waals surface area contributed by atoms with E-state index in [2.05, 4.69) is 49.0 Å². The summed E-state index contributed by atoms with van der Waals surface area (Å²) in [6.07, 6.45) is 8.46. The third-order valence-electron chi connectivity index (χ3n) is 6.92. The van der Waals surface area contributed by atoms with Crippen LogP contribution in [0.1, 0.15) is 39.7 Å². The summed E-state index contributed by atoms with van der Waals surface area (Å²) in [7, 11) is 2.91. The maximum Gasteiger partial charge on any atom is 0.332 e. The molecule has 1 unspecified atom stereocenters. The lowest BCUT2D eigenvalue weighted by molar-refractivity contribution is -0.118. The van der Waals surface area contributed by atoms with Crippen molar-refractivity contribution in [1.82, 2.24) is 38.6 Å². The van der Waals surface area contributed by atoms with Crippen LogP contribution in [0.25, 0.3) is 22.6 Å². The molecule has 1 fully saturated rings. The van der Waals surface area contributed by atoms with Crippen molar-refractivity contribution < 1.29 is 4.79 Å². The fourth-order valence-electron chi connectivity index (χ4n) is 4.64. The summed E-state index contributed by atoms with van der Waals surface area (Å²) in [4.78, 5) is 62.2. The van der Waals surface area contributed by atoms with Crippen LogP contribution in [0.5, 0.6) is 0 Å². The van der Waals surface area contributed by atoms with E-state index in [0.29, 0.717) is 17.3 Å². The van der Waals surface area contributed by atoms with E-state index in [1.165, 1.54) is 35.8 Å². The zero-order valence-electron chi connectivity index (χ0n) is 21.3. The predicted molar refractivity (Wildman–Crippen MR) is 137 cm³/mol. The van der Waals surface area contributed by atoms with Crippen LogP contribution in [0, 0.1) is 0 Å². The van der Waals surface area contributed by atoms with Crippen LogP contribution in [0.2, 0.25) is 0 Å². The number of imidazole rings is 1. The zero-order valence-corrected chi connectivity index (χ0v) is 21.3. The molecule has 0 spiro atoms. The van der Waals surface area contributed by atoms with E-state index in [1.807, 2.05) is 0 Å². The Morgan fingerprint density at radius 3 is 2.49 bits per heavy atom. The van der Waals surface area contributed by atoms with Gasteiger partial charge < -0.3 is 14.8 Å². The van der Waals surface area contributed by atoms with Gasteiger partial charge >= 0.3 is 5.69 Å². The van der Waals surface area contributed by atoms with Gasteiger partial charge in [0.05, 0.1) is 11.9 Å². The topological polar surface area (TPSA) is 146 Å². The second-order valence-electron chi connectivity index (χ2n) is 9.80. The molecule has 1 saturated heterocycles. The van der Waals surface area contributed by atoms with Crippen molar-refractivity contribution in [2.45, 2.75) is 45.2 Å². The molecule has 0 saturated carbocycles. The number of carbonyl (C=O) groups is 1. The number of nitrogens with zero attached hydrogens (tertiary/aromatic N) is 9. The van der Waals surface area contributed by atoms with Gasteiger partial charge in [-0.3, -0.25) is 18.7 Å². The smallest absolute Gasteiger partial charge is 0.332 e. The highest BCUT2D eigenvalue weighted by atomic mass is 16.2. The van der Waals surface area contributed by atoms with Crippen molar-refractivity contribution in [3.63, 3.8) is 0 Å². The lowest BCUT2D eigenvalue weighted by Gasteiger charge is -2.31. The van der Waals surface area contributed by atoms with Crippen molar-refractivity contribution in [2.24, 2.45) is 14.1 Å². The summed E-state index contributed by atoms with van der Waals surface area (Å²) in [5.74, 6) is 0.911. The first-order valence-electron chi connectivity index (χ1n) is 11.9. The molecule has 5 heterocycles. The van der Waals surface area contributed by atoms with Gasteiger partial charge in [-0.1, -0.05) is 0 Å². The molecule has 4 aromatic heterocycles. The number of aryl methyl sites for hydroxylation is 1. The minimum absolute atomic E-state index is 0.0123. The average molecular weight is 505 g/mol. The van der Waals surface area contributed by atoms with Crippen molar-refractivity contribution in [1.29, 1.82) is 0 Å². The van der Waals surface area contributed by atoms with Crippen molar-refractivity contribution in [3.05, 3.63) is 51.8 Å². The van der Waals surface area contributed by atoms with E-state index in [1.54, 1.807) is 25.4 Å². The molecule has 0 aromatic carbocycles. The first-order chi connectivity index (χ1) is 17.6.